The largest absolute Gasteiger partial charge is 0.339 e. The van der Waals surface area contributed by atoms with Crippen molar-refractivity contribution in [2.24, 2.45) is 5.92 Å². The molecule has 0 amide bonds. The lowest BCUT2D eigenvalue weighted by atomic mass is 9.93. The van der Waals surface area contributed by atoms with E-state index in [1.807, 2.05) is 12.1 Å². The van der Waals surface area contributed by atoms with Crippen LogP contribution in [0.1, 0.15) is 30.7 Å². The Kier molecular flexibility index (Phi) is 4.70. The number of aromatic nitrogens is 2. The minimum absolute atomic E-state index is 0.695. The zero-order valence-electron chi connectivity index (χ0n) is 12.2. The third-order valence-electron chi connectivity index (χ3n) is 4.12. The summed E-state index contributed by atoms with van der Waals surface area (Å²) in [5.41, 5.74) is 2.19. The second-order valence-electron chi connectivity index (χ2n) is 5.70. The van der Waals surface area contributed by atoms with Crippen LogP contribution >= 0.6 is 15.9 Å². The van der Waals surface area contributed by atoms with Gasteiger partial charge in [0.15, 0.2) is 0 Å². The average Bonchev–Trinajstić information content (AvgIpc) is 2.95. The Balaban J connectivity index is 1.65. The molecule has 1 saturated heterocycles. The second kappa shape index (κ2) is 6.71. The Hall–Kier alpha value is -1.20. The molecule has 0 spiro atoms. The Morgan fingerprint density at radius 2 is 2.14 bits per heavy atom. The lowest BCUT2D eigenvalue weighted by molar-refractivity contribution is 0.324. The van der Waals surface area contributed by atoms with Gasteiger partial charge in [-0.15, -0.1) is 0 Å². The fourth-order valence-electron chi connectivity index (χ4n) is 2.84. The highest BCUT2D eigenvalue weighted by Gasteiger charge is 2.16. The molecule has 0 radical (unpaired) electrons. The highest BCUT2D eigenvalue weighted by Crippen LogP contribution is 2.25. The van der Waals surface area contributed by atoms with Gasteiger partial charge in [0.2, 0.25) is 11.7 Å². The minimum Gasteiger partial charge on any atom is -0.339 e. The number of aryl methyl sites for hydroxylation is 2. The maximum absolute atomic E-state index is 5.41. The molecule has 1 fully saturated rings. The molecule has 1 aliphatic heterocycles. The summed E-state index contributed by atoms with van der Waals surface area (Å²) in [6.07, 6.45) is 4.54. The molecule has 0 unspecified atom stereocenters. The van der Waals surface area contributed by atoms with E-state index in [2.05, 4.69) is 44.4 Å². The maximum atomic E-state index is 5.41. The summed E-state index contributed by atoms with van der Waals surface area (Å²) < 4.78 is 6.47. The van der Waals surface area contributed by atoms with E-state index < -0.39 is 0 Å². The van der Waals surface area contributed by atoms with E-state index in [0.29, 0.717) is 5.82 Å². The molecule has 2 heterocycles. The van der Waals surface area contributed by atoms with Gasteiger partial charge in [-0.1, -0.05) is 21.1 Å². The van der Waals surface area contributed by atoms with Crippen LogP contribution in [0.4, 0.5) is 0 Å². The lowest BCUT2D eigenvalue weighted by Gasteiger charge is -2.21. The molecule has 5 heteroatoms. The topological polar surface area (TPSA) is 51.0 Å². The summed E-state index contributed by atoms with van der Waals surface area (Å²) in [5, 5.41) is 7.52. The third-order valence-corrected chi connectivity index (χ3v) is 4.62. The van der Waals surface area contributed by atoms with E-state index in [-0.39, 0.29) is 0 Å². The Bertz CT molecular complexity index is 605. The van der Waals surface area contributed by atoms with Crippen LogP contribution in [0, 0.1) is 12.8 Å². The molecule has 4 nitrogen and oxygen atoms in total. The summed E-state index contributed by atoms with van der Waals surface area (Å²) in [5.74, 6) is 2.24. The first kappa shape index (κ1) is 14.7. The van der Waals surface area contributed by atoms with Crippen molar-refractivity contribution < 1.29 is 4.52 Å². The summed E-state index contributed by atoms with van der Waals surface area (Å²) in [6, 6.07) is 6.11. The standard InChI is InChI=1S/C16H20BrN3O/c1-11-10-13(17)3-4-14(11)16-19-15(21-20-16)5-2-12-6-8-18-9-7-12/h3-4,10,12,18H,2,5-9H2,1H3. The molecular weight excluding hydrogens is 330 g/mol. The molecule has 112 valence electrons. The fraction of sp³-hybridized carbons (Fsp3) is 0.500. The van der Waals surface area contributed by atoms with E-state index in [1.54, 1.807) is 0 Å². The van der Waals surface area contributed by atoms with E-state index in [1.165, 1.54) is 12.8 Å². The number of rotatable bonds is 4. The van der Waals surface area contributed by atoms with Crippen LogP contribution in [-0.4, -0.2) is 23.2 Å². The van der Waals surface area contributed by atoms with Crippen molar-refractivity contribution in [3.63, 3.8) is 0 Å². The minimum atomic E-state index is 0.695. The van der Waals surface area contributed by atoms with Gasteiger partial charge in [-0.3, -0.25) is 0 Å². The van der Waals surface area contributed by atoms with E-state index in [4.69, 9.17) is 4.52 Å². The summed E-state index contributed by atoms with van der Waals surface area (Å²) in [4.78, 5) is 4.55. The monoisotopic (exact) mass is 349 g/mol. The third kappa shape index (κ3) is 3.71. The Morgan fingerprint density at radius 3 is 2.90 bits per heavy atom. The van der Waals surface area contributed by atoms with Crippen LogP contribution in [0.15, 0.2) is 27.2 Å². The van der Waals surface area contributed by atoms with Gasteiger partial charge >= 0.3 is 0 Å². The van der Waals surface area contributed by atoms with Gasteiger partial charge in [-0.05, 0) is 69.0 Å². The molecule has 0 bridgehead atoms. The van der Waals surface area contributed by atoms with Gasteiger partial charge in [0, 0.05) is 16.5 Å². The predicted molar refractivity (Wildman–Crippen MR) is 86.1 cm³/mol. The van der Waals surface area contributed by atoms with Crippen molar-refractivity contribution in [1.82, 2.24) is 15.5 Å². The lowest BCUT2D eigenvalue weighted by Crippen LogP contribution is -2.27. The molecular formula is C16H20BrN3O. The molecule has 21 heavy (non-hydrogen) atoms. The first-order chi connectivity index (χ1) is 10.2. The number of piperidine rings is 1. The van der Waals surface area contributed by atoms with Crippen LogP contribution in [0.5, 0.6) is 0 Å². The fourth-order valence-corrected chi connectivity index (χ4v) is 3.32. The first-order valence-electron chi connectivity index (χ1n) is 7.52. The van der Waals surface area contributed by atoms with Gasteiger partial charge in [0.25, 0.3) is 0 Å². The molecule has 1 aliphatic rings. The van der Waals surface area contributed by atoms with Crippen LogP contribution < -0.4 is 5.32 Å². The molecule has 1 aromatic heterocycles. The highest BCUT2D eigenvalue weighted by molar-refractivity contribution is 9.10. The van der Waals surface area contributed by atoms with Crippen LogP contribution in [0.2, 0.25) is 0 Å². The van der Waals surface area contributed by atoms with E-state index in [0.717, 1.165) is 53.3 Å². The van der Waals surface area contributed by atoms with Crippen molar-refractivity contribution in [2.45, 2.75) is 32.6 Å². The van der Waals surface area contributed by atoms with Gasteiger partial charge < -0.3 is 9.84 Å². The highest BCUT2D eigenvalue weighted by atomic mass is 79.9. The average molecular weight is 350 g/mol. The van der Waals surface area contributed by atoms with Crippen LogP contribution in [-0.2, 0) is 6.42 Å². The SMILES string of the molecule is Cc1cc(Br)ccc1-c1noc(CCC2CCNCC2)n1. The number of hydrogen-bond acceptors (Lipinski definition) is 4. The quantitative estimate of drug-likeness (QED) is 0.913. The first-order valence-corrected chi connectivity index (χ1v) is 8.31. The zero-order valence-corrected chi connectivity index (χ0v) is 13.8. The van der Waals surface area contributed by atoms with Gasteiger partial charge in [0.1, 0.15) is 0 Å². The second-order valence-corrected chi connectivity index (χ2v) is 6.62. The Morgan fingerprint density at radius 1 is 1.33 bits per heavy atom. The normalized spacial score (nSPS) is 16.3. The molecule has 1 N–H and O–H groups in total. The van der Waals surface area contributed by atoms with Crippen molar-refractivity contribution in [3.8, 4) is 11.4 Å². The maximum Gasteiger partial charge on any atom is 0.226 e. The van der Waals surface area contributed by atoms with Crippen molar-refractivity contribution in [1.29, 1.82) is 0 Å². The number of benzene rings is 1. The van der Waals surface area contributed by atoms with E-state index in [9.17, 15) is 0 Å². The molecule has 2 aromatic rings. The smallest absolute Gasteiger partial charge is 0.226 e. The van der Waals surface area contributed by atoms with Gasteiger partial charge in [-0.25, -0.2) is 0 Å². The van der Waals surface area contributed by atoms with Gasteiger partial charge in [0.05, 0.1) is 0 Å². The Labute approximate surface area is 133 Å². The number of hydrogen-bond donors (Lipinski definition) is 1. The van der Waals surface area contributed by atoms with Crippen molar-refractivity contribution >= 4 is 15.9 Å². The number of halogens is 1. The van der Waals surface area contributed by atoms with Crippen molar-refractivity contribution in [3.05, 3.63) is 34.1 Å². The molecule has 3 rings (SSSR count). The van der Waals surface area contributed by atoms with Crippen LogP contribution in [0.25, 0.3) is 11.4 Å². The molecule has 1 aromatic carbocycles. The number of nitrogens with one attached hydrogen (secondary N) is 1. The zero-order chi connectivity index (χ0) is 14.7. The number of nitrogens with zero attached hydrogens (tertiary/aromatic N) is 2. The summed E-state index contributed by atoms with van der Waals surface area (Å²) >= 11 is 3.47. The molecule has 0 saturated carbocycles. The van der Waals surface area contributed by atoms with Gasteiger partial charge in [-0.2, -0.15) is 4.98 Å². The predicted octanol–water partition coefficient (Wildman–Crippen LogP) is 3.74. The summed E-state index contributed by atoms with van der Waals surface area (Å²) in [7, 11) is 0. The van der Waals surface area contributed by atoms with Crippen molar-refractivity contribution in [2.75, 3.05) is 13.1 Å². The summed E-state index contributed by atoms with van der Waals surface area (Å²) in [6.45, 7) is 4.33. The molecule has 0 aliphatic carbocycles. The van der Waals surface area contributed by atoms with E-state index >= 15 is 0 Å². The molecule has 0 atom stereocenters. The van der Waals surface area contributed by atoms with Crippen LogP contribution in [0.3, 0.4) is 0 Å².